The van der Waals surface area contributed by atoms with Crippen LogP contribution in [0, 0.1) is 0 Å². The van der Waals surface area contributed by atoms with Crippen molar-refractivity contribution in [3.8, 4) is 0 Å². The van der Waals surface area contributed by atoms with Crippen molar-refractivity contribution in [1.29, 1.82) is 0 Å². The largest absolute Gasteiger partial charge is 0.333 e. The fraction of sp³-hybridized carbons (Fsp3) is 0.478. The summed E-state index contributed by atoms with van der Waals surface area (Å²) in [5, 5.41) is 2.12. The molecule has 28 heavy (non-hydrogen) atoms. The van der Waals surface area contributed by atoms with E-state index in [4.69, 9.17) is 0 Å². The number of hydrogen-bond acceptors (Lipinski definition) is 3. The van der Waals surface area contributed by atoms with Crippen molar-refractivity contribution in [3.05, 3.63) is 57.8 Å². The number of unbranched alkanes of at least 4 members (excludes halogenated alkanes) is 1. The number of benzene rings is 1. The molecule has 2 heterocycles. The molecule has 0 aliphatic carbocycles. The summed E-state index contributed by atoms with van der Waals surface area (Å²) in [4.78, 5) is 31.0. The number of rotatable bonds is 8. The van der Waals surface area contributed by atoms with Crippen molar-refractivity contribution in [2.24, 2.45) is 0 Å². The molecule has 4 nitrogen and oxygen atoms in total. The zero-order chi connectivity index (χ0) is 19.9. The summed E-state index contributed by atoms with van der Waals surface area (Å²) in [6.07, 6.45) is 4.15. The van der Waals surface area contributed by atoms with Crippen LogP contribution in [0.4, 0.5) is 0 Å². The molecule has 1 atom stereocenters. The Morgan fingerprint density at radius 2 is 1.93 bits per heavy atom. The summed E-state index contributed by atoms with van der Waals surface area (Å²) in [5.41, 5.74) is 2.37. The van der Waals surface area contributed by atoms with E-state index in [1.54, 1.807) is 16.2 Å². The first-order valence-corrected chi connectivity index (χ1v) is 11.2. The Kier molecular flexibility index (Phi) is 7.26. The van der Waals surface area contributed by atoms with E-state index in [-0.39, 0.29) is 24.4 Å². The van der Waals surface area contributed by atoms with Gasteiger partial charge in [-0.1, -0.05) is 50.6 Å². The molecule has 1 aliphatic rings. The molecule has 0 bridgehead atoms. The number of carbonyl (C=O) groups is 2. The third-order valence-corrected chi connectivity index (χ3v) is 6.31. The minimum absolute atomic E-state index is 0.0454. The average Bonchev–Trinajstić information content (AvgIpc) is 3.20. The molecule has 0 spiro atoms. The van der Waals surface area contributed by atoms with Gasteiger partial charge in [-0.05, 0) is 41.8 Å². The van der Waals surface area contributed by atoms with Gasteiger partial charge in [0.15, 0.2) is 0 Å². The van der Waals surface area contributed by atoms with Crippen LogP contribution in [-0.4, -0.2) is 41.2 Å². The first-order chi connectivity index (χ1) is 13.7. The minimum Gasteiger partial charge on any atom is -0.333 e. The lowest BCUT2D eigenvalue weighted by atomic mass is 9.93. The maximum absolute atomic E-state index is 13.3. The van der Waals surface area contributed by atoms with Gasteiger partial charge in [-0.25, -0.2) is 0 Å². The van der Waals surface area contributed by atoms with Gasteiger partial charge in [-0.2, -0.15) is 0 Å². The quantitative estimate of drug-likeness (QED) is 0.649. The minimum atomic E-state index is -0.0575. The summed E-state index contributed by atoms with van der Waals surface area (Å²) >= 11 is 1.77. The summed E-state index contributed by atoms with van der Waals surface area (Å²) in [6.45, 7) is 5.66. The fourth-order valence-corrected chi connectivity index (χ4v) is 4.79. The van der Waals surface area contributed by atoms with E-state index in [0.29, 0.717) is 19.5 Å². The van der Waals surface area contributed by atoms with Crippen LogP contribution >= 0.6 is 11.3 Å². The van der Waals surface area contributed by atoms with Crippen LogP contribution in [0.5, 0.6) is 0 Å². The highest BCUT2D eigenvalue weighted by atomic mass is 32.1. The second kappa shape index (κ2) is 9.87. The summed E-state index contributed by atoms with van der Waals surface area (Å²) in [6, 6.07) is 12.3. The van der Waals surface area contributed by atoms with Gasteiger partial charge < -0.3 is 9.80 Å². The molecule has 1 aromatic heterocycles. The Balaban J connectivity index is 1.81. The topological polar surface area (TPSA) is 40.6 Å². The Morgan fingerprint density at radius 3 is 2.64 bits per heavy atom. The highest BCUT2D eigenvalue weighted by Crippen LogP contribution is 2.37. The molecular weight excluding hydrogens is 368 g/mol. The molecule has 150 valence electrons. The second-order valence-corrected chi connectivity index (χ2v) is 8.37. The number of thiophene rings is 1. The van der Waals surface area contributed by atoms with Gasteiger partial charge in [0.25, 0.3) is 0 Å². The predicted octanol–water partition coefficient (Wildman–Crippen LogP) is 4.65. The van der Waals surface area contributed by atoms with E-state index in [9.17, 15) is 9.59 Å². The molecule has 2 amide bonds. The molecule has 0 N–H and O–H groups in total. The van der Waals surface area contributed by atoms with Gasteiger partial charge in [0.2, 0.25) is 11.8 Å². The molecular formula is C23H30N2O2S. The zero-order valence-corrected chi connectivity index (χ0v) is 17.7. The molecule has 1 aromatic carbocycles. The van der Waals surface area contributed by atoms with Gasteiger partial charge >= 0.3 is 0 Å². The number of amides is 2. The molecule has 0 fully saturated rings. The van der Waals surface area contributed by atoms with E-state index >= 15 is 0 Å². The van der Waals surface area contributed by atoms with Crippen LogP contribution in [0.25, 0.3) is 0 Å². The maximum Gasteiger partial charge on any atom is 0.242 e. The van der Waals surface area contributed by atoms with Crippen LogP contribution in [0.3, 0.4) is 0 Å². The van der Waals surface area contributed by atoms with Gasteiger partial charge in [0, 0.05) is 24.4 Å². The van der Waals surface area contributed by atoms with Crippen molar-refractivity contribution in [2.75, 3.05) is 19.6 Å². The van der Waals surface area contributed by atoms with Gasteiger partial charge in [0.05, 0.1) is 12.6 Å². The number of carbonyl (C=O) groups excluding carboxylic acids is 2. The molecule has 0 saturated carbocycles. The number of hydrogen-bond donors (Lipinski definition) is 0. The summed E-state index contributed by atoms with van der Waals surface area (Å²) < 4.78 is 0. The lowest BCUT2D eigenvalue weighted by Gasteiger charge is -2.37. The first kappa shape index (κ1) is 20.6. The van der Waals surface area contributed by atoms with Crippen molar-refractivity contribution >= 4 is 23.2 Å². The van der Waals surface area contributed by atoms with Crippen molar-refractivity contribution in [1.82, 2.24) is 9.80 Å². The van der Waals surface area contributed by atoms with E-state index in [1.165, 1.54) is 10.4 Å². The highest BCUT2D eigenvalue weighted by molar-refractivity contribution is 7.10. The van der Waals surface area contributed by atoms with Crippen LogP contribution in [0.15, 0.2) is 41.8 Å². The Hall–Kier alpha value is -2.14. The van der Waals surface area contributed by atoms with E-state index in [2.05, 4.69) is 37.4 Å². The fourth-order valence-electron chi connectivity index (χ4n) is 3.88. The van der Waals surface area contributed by atoms with Gasteiger partial charge in [-0.15, -0.1) is 11.3 Å². The van der Waals surface area contributed by atoms with Crippen LogP contribution in [-0.2, 0) is 16.0 Å². The predicted molar refractivity (Wildman–Crippen MR) is 114 cm³/mol. The van der Waals surface area contributed by atoms with Crippen LogP contribution < -0.4 is 0 Å². The monoisotopic (exact) mass is 398 g/mol. The summed E-state index contributed by atoms with van der Waals surface area (Å²) in [5.74, 6) is 0.144. The van der Waals surface area contributed by atoms with Crippen LogP contribution in [0.2, 0.25) is 0 Å². The lowest BCUT2D eigenvalue weighted by molar-refractivity contribution is -0.141. The second-order valence-electron chi connectivity index (χ2n) is 7.37. The standard InChI is InChI=1S/C23H30N2O2S/c1-3-5-11-21(26)24(14-4-2)17-22(27)25-15-12-20-19(13-16-28-20)23(25)18-9-7-6-8-10-18/h6-10,13,16,23H,3-5,11-12,14-15,17H2,1-2H3/t23-/m1/s1. The van der Waals surface area contributed by atoms with E-state index < -0.39 is 0 Å². The van der Waals surface area contributed by atoms with Gasteiger partial charge in [-0.3, -0.25) is 9.59 Å². The van der Waals surface area contributed by atoms with E-state index in [1.807, 2.05) is 23.1 Å². The normalized spacial score (nSPS) is 15.9. The zero-order valence-electron chi connectivity index (χ0n) is 16.9. The average molecular weight is 399 g/mol. The third kappa shape index (κ3) is 4.64. The maximum atomic E-state index is 13.3. The van der Waals surface area contributed by atoms with Gasteiger partial charge in [0.1, 0.15) is 0 Å². The summed E-state index contributed by atoms with van der Waals surface area (Å²) in [7, 11) is 0. The highest BCUT2D eigenvalue weighted by Gasteiger charge is 2.33. The SMILES string of the molecule is CCCCC(=O)N(CCC)CC(=O)N1CCc2sccc2[C@H]1c1ccccc1. The number of fused-ring (bicyclic) bond motifs is 1. The molecule has 1 aliphatic heterocycles. The lowest BCUT2D eigenvalue weighted by Crippen LogP contribution is -2.47. The first-order valence-electron chi connectivity index (χ1n) is 10.3. The Bertz CT molecular complexity index is 787. The smallest absolute Gasteiger partial charge is 0.242 e. The molecule has 0 unspecified atom stereocenters. The van der Waals surface area contributed by atoms with E-state index in [0.717, 1.165) is 31.2 Å². The third-order valence-electron chi connectivity index (χ3n) is 5.32. The van der Waals surface area contributed by atoms with Crippen molar-refractivity contribution in [2.45, 2.75) is 52.0 Å². The van der Waals surface area contributed by atoms with Crippen molar-refractivity contribution < 1.29 is 9.59 Å². The molecule has 0 saturated heterocycles. The van der Waals surface area contributed by atoms with Crippen LogP contribution in [0.1, 0.15) is 61.6 Å². The Morgan fingerprint density at radius 1 is 1.14 bits per heavy atom. The number of nitrogens with zero attached hydrogens (tertiary/aromatic N) is 2. The molecule has 5 heteroatoms. The molecule has 2 aromatic rings. The van der Waals surface area contributed by atoms with Crippen molar-refractivity contribution in [3.63, 3.8) is 0 Å². The molecule has 3 rings (SSSR count). The Labute approximate surface area is 172 Å². The molecule has 0 radical (unpaired) electrons.